The Bertz CT molecular complexity index is 169. The summed E-state index contributed by atoms with van der Waals surface area (Å²) < 4.78 is 0.0467. The summed E-state index contributed by atoms with van der Waals surface area (Å²) in [4.78, 5) is 11.0. The molecule has 1 aliphatic heterocycles. The van der Waals surface area contributed by atoms with Gasteiger partial charge in [-0.15, -0.1) is 11.8 Å². The SMILES string of the molecule is O=CC1(CC2CCC2)CCCS1. The lowest BCUT2D eigenvalue weighted by Gasteiger charge is -2.32. The molecule has 0 N–H and O–H groups in total. The van der Waals surface area contributed by atoms with Crippen LogP contribution in [0.5, 0.6) is 0 Å². The maximum atomic E-state index is 11.0. The van der Waals surface area contributed by atoms with Crippen LogP contribution in [0, 0.1) is 5.92 Å². The van der Waals surface area contributed by atoms with E-state index in [0.29, 0.717) is 0 Å². The van der Waals surface area contributed by atoms with Crippen LogP contribution < -0.4 is 0 Å². The largest absolute Gasteiger partial charge is 0.302 e. The molecular weight excluding hydrogens is 168 g/mol. The minimum atomic E-state index is 0.0467. The number of carbonyl (C=O) groups is 1. The van der Waals surface area contributed by atoms with Crippen molar-refractivity contribution in [2.45, 2.75) is 43.3 Å². The van der Waals surface area contributed by atoms with Gasteiger partial charge >= 0.3 is 0 Å². The zero-order valence-corrected chi connectivity index (χ0v) is 8.24. The molecule has 0 bridgehead atoms. The Morgan fingerprint density at radius 2 is 2.25 bits per heavy atom. The third kappa shape index (κ3) is 1.54. The van der Waals surface area contributed by atoms with Gasteiger partial charge in [-0.1, -0.05) is 19.3 Å². The molecule has 0 amide bonds. The van der Waals surface area contributed by atoms with Crippen molar-refractivity contribution >= 4 is 18.0 Å². The standard InChI is InChI=1S/C10H16OS/c11-8-10(5-2-6-12-10)7-9-3-1-4-9/h8-9H,1-7H2. The van der Waals surface area contributed by atoms with Gasteiger partial charge in [0.2, 0.25) is 0 Å². The highest BCUT2D eigenvalue weighted by atomic mass is 32.2. The first-order chi connectivity index (χ1) is 5.85. The van der Waals surface area contributed by atoms with Crippen LogP contribution in [0.25, 0.3) is 0 Å². The first-order valence-corrected chi connectivity index (χ1v) is 5.93. The van der Waals surface area contributed by atoms with Gasteiger partial charge in [0, 0.05) is 0 Å². The molecule has 12 heavy (non-hydrogen) atoms. The molecule has 0 radical (unpaired) electrons. The first-order valence-electron chi connectivity index (χ1n) is 4.95. The van der Waals surface area contributed by atoms with Crippen LogP contribution in [0.3, 0.4) is 0 Å². The molecule has 1 unspecified atom stereocenters. The second kappa shape index (κ2) is 3.41. The third-order valence-electron chi connectivity index (χ3n) is 3.21. The van der Waals surface area contributed by atoms with Crippen LogP contribution >= 0.6 is 11.8 Å². The van der Waals surface area contributed by atoms with Gasteiger partial charge in [0.15, 0.2) is 0 Å². The highest BCUT2D eigenvalue weighted by Gasteiger charge is 2.37. The van der Waals surface area contributed by atoms with E-state index in [2.05, 4.69) is 0 Å². The zero-order chi connectivity index (χ0) is 8.44. The van der Waals surface area contributed by atoms with Crippen molar-refractivity contribution in [1.29, 1.82) is 0 Å². The lowest BCUT2D eigenvalue weighted by Crippen LogP contribution is -2.29. The first kappa shape index (κ1) is 8.61. The average molecular weight is 184 g/mol. The molecule has 0 aromatic rings. The smallest absolute Gasteiger partial charge is 0.136 e. The fraction of sp³-hybridized carbons (Fsp3) is 0.900. The summed E-state index contributed by atoms with van der Waals surface area (Å²) in [5.74, 6) is 2.08. The number of hydrogen-bond acceptors (Lipinski definition) is 2. The topological polar surface area (TPSA) is 17.1 Å². The number of hydrogen-bond donors (Lipinski definition) is 0. The predicted octanol–water partition coefficient (Wildman–Crippen LogP) is 2.64. The van der Waals surface area contributed by atoms with Crippen LogP contribution in [0.1, 0.15) is 38.5 Å². The molecule has 2 heteroatoms. The summed E-state index contributed by atoms with van der Waals surface area (Å²) in [5.41, 5.74) is 0. The summed E-state index contributed by atoms with van der Waals surface area (Å²) in [6.45, 7) is 0. The number of carbonyl (C=O) groups excluding carboxylic acids is 1. The summed E-state index contributed by atoms with van der Waals surface area (Å²) in [6.07, 6.45) is 8.91. The van der Waals surface area contributed by atoms with E-state index in [0.717, 1.165) is 12.3 Å². The van der Waals surface area contributed by atoms with Gasteiger partial charge in [-0.25, -0.2) is 0 Å². The van der Waals surface area contributed by atoms with Crippen molar-refractivity contribution in [2.75, 3.05) is 5.75 Å². The Kier molecular flexibility index (Phi) is 2.44. The summed E-state index contributed by atoms with van der Waals surface area (Å²) >= 11 is 1.90. The number of thioether (sulfide) groups is 1. The van der Waals surface area contributed by atoms with Gasteiger partial charge < -0.3 is 4.79 Å². The van der Waals surface area contributed by atoms with E-state index < -0.39 is 0 Å². The van der Waals surface area contributed by atoms with E-state index in [-0.39, 0.29) is 4.75 Å². The molecule has 1 atom stereocenters. The highest BCUT2D eigenvalue weighted by molar-refractivity contribution is 8.01. The molecule has 1 saturated carbocycles. The quantitative estimate of drug-likeness (QED) is 0.627. The molecular formula is C10H16OS. The van der Waals surface area contributed by atoms with Crippen LogP contribution in [0.15, 0.2) is 0 Å². The van der Waals surface area contributed by atoms with E-state index in [1.807, 2.05) is 11.8 Å². The maximum absolute atomic E-state index is 11.0. The zero-order valence-electron chi connectivity index (χ0n) is 7.42. The minimum Gasteiger partial charge on any atom is -0.302 e. The van der Waals surface area contributed by atoms with Crippen molar-refractivity contribution in [3.8, 4) is 0 Å². The summed E-state index contributed by atoms with van der Waals surface area (Å²) in [6, 6.07) is 0. The Hall–Kier alpha value is 0.0200. The van der Waals surface area contributed by atoms with Crippen LogP contribution in [0.4, 0.5) is 0 Å². The fourth-order valence-corrected chi connectivity index (χ4v) is 3.61. The fourth-order valence-electron chi connectivity index (χ4n) is 2.21. The molecule has 0 spiro atoms. The molecule has 0 aromatic heterocycles. The molecule has 1 nitrogen and oxygen atoms in total. The van der Waals surface area contributed by atoms with E-state index in [1.54, 1.807) is 0 Å². The van der Waals surface area contributed by atoms with E-state index >= 15 is 0 Å². The van der Waals surface area contributed by atoms with Gasteiger partial charge in [0.05, 0.1) is 4.75 Å². The molecule has 1 saturated heterocycles. The predicted molar refractivity (Wildman–Crippen MR) is 52.4 cm³/mol. The van der Waals surface area contributed by atoms with Crippen molar-refractivity contribution in [3.05, 3.63) is 0 Å². The highest BCUT2D eigenvalue weighted by Crippen LogP contribution is 2.45. The van der Waals surface area contributed by atoms with Gasteiger partial charge in [-0.05, 0) is 30.9 Å². The van der Waals surface area contributed by atoms with Crippen molar-refractivity contribution in [1.82, 2.24) is 0 Å². The molecule has 2 rings (SSSR count). The van der Waals surface area contributed by atoms with Crippen molar-refractivity contribution < 1.29 is 4.79 Å². The molecule has 68 valence electrons. The lowest BCUT2D eigenvalue weighted by molar-refractivity contribution is -0.110. The van der Waals surface area contributed by atoms with Crippen LogP contribution in [0.2, 0.25) is 0 Å². The number of rotatable bonds is 3. The van der Waals surface area contributed by atoms with Gasteiger partial charge in [-0.3, -0.25) is 0 Å². The van der Waals surface area contributed by atoms with E-state index in [1.165, 1.54) is 44.1 Å². The Balaban J connectivity index is 1.91. The monoisotopic (exact) mass is 184 g/mol. The molecule has 2 fully saturated rings. The molecule has 1 aliphatic carbocycles. The molecule has 1 heterocycles. The minimum absolute atomic E-state index is 0.0467. The van der Waals surface area contributed by atoms with Gasteiger partial charge in [-0.2, -0.15) is 0 Å². The average Bonchev–Trinajstić information content (AvgIpc) is 2.46. The van der Waals surface area contributed by atoms with Gasteiger partial charge in [0.25, 0.3) is 0 Å². The third-order valence-corrected chi connectivity index (χ3v) is 4.74. The second-order valence-electron chi connectivity index (χ2n) is 4.14. The molecule has 2 aliphatic rings. The van der Waals surface area contributed by atoms with E-state index in [9.17, 15) is 4.79 Å². The second-order valence-corrected chi connectivity index (χ2v) is 5.65. The maximum Gasteiger partial charge on any atom is 0.136 e. The van der Waals surface area contributed by atoms with Crippen molar-refractivity contribution in [2.24, 2.45) is 5.92 Å². The van der Waals surface area contributed by atoms with Crippen LogP contribution in [-0.4, -0.2) is 16.8 Å². The Morgan fingerprint density at radius 3 is 2.67 bits per heavy atom. The lowest BCUT2D eigenvalue weighted by atomic mass is 9.78. The number of aldehydes is 1. The summed E-state index contributed by atoms with van der Waals surface area (Å²) in [5, 5.41) is 0. The Labute approximate surface area is 78.3 Å². The van der Waals surface area contributed by atoms with Crippen LogP contribution in [-0.2, 0) is 4.79 Å². The van der Waals surface area contributed by atoms with E-state index in [4.69, 9.17) is 0 Å². The normalized spacial score (nSPS) is 36.3. The van der Waals surface area contributed by atoms with Crippen molar-refractivity contribution in [3.63, 3.8) is 0 Å². The molecule has 0 aromatic carbocycles. The summed E-state index contributed by atoms with van der Waals surface area (Å²) in [7, 11) is 0. The van der Waals surface area contributed by atoms with Gasteiger partial charge in [0.1, 0.15) is 6.29 Å². The Morgan fingerprint density at radius 1 is 1.42 bits per heavy atom.